The SMILES string of the molecule is CC(C)C1CCN(CC(CS)C(C)C)CC1. The average molecular weight is 243 g/mol. The number of hydrogen-bond donors (Lipinski definition) is 1. The van der Waals surface area contributed by atoms with Gasteiger partial charge in [-0.25, -0.2) is 0 Å². The Kier molecular flexibility index (Phi) is 6.20. The summed E-state index contributed by atoms with van der Waals surface area (Å²) in [6.07, 6.45) is 2.80. The van der Waals surface area contributed by atoms with Crippen LogP contribution in [-0.4, -0.2) is 30.3 Å². The van der Waals surface area contributed by atoms with Crippen LogP contribution in [0.4, 0.5) is 0 Å². The molecule has 1 unspecified atom stereocenters. The molecule has 0 aromatic heterocycles. The van der Waals surface area contributed by atoms with Crippen molar-refractivity contribution in [1.29, 1.82) is 0 Å². The van der Waals surface area contributed by atoms with E-state index in [2.05, 4.69) is 45.2 Å². The lowest BCUT2D eigenvalue weighted by Crippen LogP contribution is -2.39. The molecule has 1 rings (SSSR count). The summed E-state index contributed by atoms with van der Waals surface area (Å²) < 4.78 is 0. The molecule has 0 aromatic carbocycles. The van der Waals surface area contributed by atoms with E-state index >= 15 is 0 Å². The molecule has 1 aliphatic heterocycles. The predicted octanol–water partition coefficient (Wildman–Crippen LogP) is 3.56. The van der Waals surface area contributed by atoms with Crippen molar-refractivity contribution in [2.45, 2.75) is 40.5 Å². The molecule has 0 bridgehead atoms. The Bertz CT molecular complexity index is 183. The van der Waals surface area contributed by atoms with Gasteiger partial charge in [0.25, 0.3) is 0 Å². The van der Waals surface area contributed by atoms with E-state index in [-0.39, 0.29) is 0 Å². The van der Waals surface area contributed by atoms with Gasteiger partial charge in [0.15, 0.2) is 0 Å². The monoisotopic (exact) mass is 243 g/mol. The summed E-state index contributed by atoms with van der Waals surface area (Å²) in [6.45, 7) is 13.2. The Labute approximate surface area is 107 Å². The number of nitrogens with zero attached hydrogens (tertiary/aromatic N) is 1. The van der Waals surface area contributed by atoms with Crippen molar-refractivity contribution in [3.8, 4) is 0 Å². The van der Waals surface area contributed by atoms with E-state index in [9.17, 15) is 0 Å². The van der Waals surface area contributed by atoms with Gasteiger partial charge in [0.1, 0.15) is 0 Å². The van der Waals surface area contributed by atoms with E-state index in [1.54, 1.807) is 0 Å². The third kappa shape index (κ3) is 4.29. The molecule has 1 nitrogen and oxygen atoms in total. The lowest BCUT2D eigenvalue weighted by molar-refractivity contribution is 0.133. The highest BCUT2D eigenvalue weighted by molar-refractivity contribution is 7.80. The van der Waals surface area contributed by atoms with Gasteiger partial charge in [-0.1, -0.05) is 27.7 Å². The van der Waals surface area contributed by atoms with E-state index in [0.717, 1.165) is 29.4 Å². The highest BCUT2D eigenvalue weighted by atomic mass is 32.1. The van der Waals surface area contributed by atoms with Gasteiger partial charge in [-0.3, -0.25) is 0 Å². The second-order valence-electron chi connectivity index (χ2n) is 6.07. The summed E-state index contributed by atoms with van der Waals surface area (Å²) in [5.41, 5.74) is 0. The summed E-state index contributed by atoms with van der Waals surface area (Å²) in [5, 5.41) is 0. The van der Waals surface area contributed by atoms with Gasteiger partial charge >= 0.3 is 0 Å². The molecule has 1 saturated heterocycles. The number of hydrogen-bond acceptors (Lipinski definition) is 2. The fourth-order valence-electron chi connectivity index (χ4n) is 2.61. The van der Waals surface area contributed by atoms with Crippen LogP contribution in [0.25, 0.3) is 0 Å². The van der Waals surface area contributed by atoms with Crippen LogP contribution in [0.15, 0.2) is 0 Å². The van der Waals surface area contributed by atoms with E-state index in [4.69, 9.17) is 0 Å². The van der Waals surface area contributed by atoms with Gasteiger partial charge in [0.05, 0.1) is 0 Å². The molecule has 1 fully saturated rings. The fraction of sp³-hybridized carbons (Fsp3) is 1.00. The minimum absolute atomic E-state index is 0.763. The second-order valence-corrected chi connectivity index (χ2v) is 6.43. The van der Waals surface area contributed by atoms with Crippen molar-refractivity contribution in [1.82, 2.24) is 4.90 Å². The molecular weight excluding hydrogens is 214 g/mol. The molecule has 96 valence electrons. The third-order valence-corrected chi connectivity index (χ3v) is 4.71. The zero-order valence-corrected chi connectivity index (χ0v) is 12.3. The molecule has 0 aliphatic carbocycles. The highest BCUT2D eigenvalue weighted by Crippen LogP contribution is 2.25. The van der Waals surface area contributed by atoms with E-state index in [1.165, 1.54) is 32.5 Å². The minimum atomic E-state index is 0.763. The summed E-state index contributed by atoms with van der Waals surface area (Å²) in [6, 6.07) is 0. The molecule has 1 aliphatic rings. The van der Waals surface area contributed by atoms with Crippen LogP contribution >= 0.6 is 12.6 Å². The van der Waals surface area contributed by atoms with Crippen molar-refractivity contribution in [2.24, 2.45) is 23.7 Å². The summed E-state index contributed by atoms with van der Waals surface area (Å²) >= 11 is 4.48. The van der Waals surface area contributed by atoms with Crippen LogP contribution in [-0.2, 0) is 0 Å². The molecule has 0 radical (unpaired) electrons. The highest BCUT2D eigenvalue weighted by Gasteiger charge is 2.23. The van der Waals surface area contributed by atoms with Gasteiger partial charge in [0, 0.05) is 6.54 Å². The van der Waals surface area contributed by atoms with Crippen molar-refractivity contribution in [2.75, 3.05) is 25.4 Å². The first-order valence-electron chi connectivity index (χ1n) is 6.87. The van der Waals surface area contributed by atoms with Gasteiger partial charge in [-0.15, -0.1) is 0 Å². The van der Waals surface area contributed by atoms with Crippen molar-refractivity contribution < 1.29 is 0 Å². The van der Waals surface area contributed by atoms with E-state index < -0.39 is 0 Å². The van der Waals surface area contributed by atoms with Crippen LogP contribution in [0.2, 0.25) is 0 Å². The van der Waals surface area contributed by atoms with Crippen LogP contribution < -0.4 is 0 Å². The molecule has 1 atom stereocenters. The van der Waals surface area contributed by atoms with Crippen molar-refractivity contribution >= 4 is 12.6 Å². The number of likely N-dealkylation sites (tertiary alicyclic amines) is 1. The molecule has 2 heteroatoms. The molecule has 0 spiro atoms. The van der Waals surface area contributed by atoms with Gasteiger partial charge in [-0.05, 0) is 55.4 Å². The maximum Gasteiger partial charge on any atom is 0.00199 e. The van der Waals surface area contributed by atoms with Crippen molar-refractivity contribution in [3.63, 3.8) is 0 Å². The Balaban J connectivity index is 2.31. The molecule has 16 heavy (non-hydrogen) atoms. The second kappa shape index (κ2) is 6.90. The van der Waals surface area contributed by atoms with Crippen LogP contribution in [0, 0.1) is 23.7 Å². The Hall–Kier alpha value is 0.310. The molecule has 1 heterocycles. The lowest BCUT2D eigenvalue weighted by Gasteiger charge is -2.36. The largest absolute Gasteiger partial charge is 0.303 e. The molecular formula is C14H29NS. The fourth-order valence-corrected chi connectivity index (χ4v) is 3.15. The first kappa shape index (κ1) is 14.4. The Morgan fingerprint density at radius 1 is 1.12 bits per heavy atom. The summed E-state index contributed by atoms with van der Waals surface area (Å²) in [7, 11) is 0. The number of rotatable bonds is 5. The summed E-state index contributed by atoms with van der Waals surface area (Å²) in [4.78, 5) is 2.65. The zero-order valence-electron chi connectivity index (χ0n) is 11.4. The van der Waals surface area contributed by atoms with Crippen molar-refractivity contribution in [3.05, 3.63) is 0 Å². The molecule has 0 N–H and O–H groups in total. The molecule has 0 saturated carbocycles. The van der Waals surface area contributed by atoms with Gasteiger partial charge < -0.3 is 4.90 Å². The average Bonchev–Trinajstić information content (AvgIpc) is 2.26. The van der Waals surface area contributed by atoms with Crippen LogP contribution in [0.3, 0.4) is 0 Å². The third-order valence-electron chi connectivity index (χ3n) is 4.25. The topological polar surface area (TPSA) is 3.24 Å². The Morgan fingerprint density at radius 2 is 1.69 bits per heavy atom. The first-order chi connectivity index (χ1) is 7.54. The number of piperidine rings is 1. The normalized spacial score (nSPS) is 21.9. The standard InChI is InChI=1S/C14H29NS/c1-11(2)13-5-7-15(8-6-13)9-14(10-16)12(3)4/h11-14,16H,5-10H2,1-4H3. The van der Waals surface area contributed by atoms with Crippen LogP contribution in [0.1, 0.15) is 40.5 Å². The maximum absolute atomic E-state index is 4.48. The maximum atomic E-state index is 4.48. The smallest absolute Gasteiger partial charge is 0.00199 e. The van der Waals surface area contributed by atoms with E-state index in [0.29, 0.717) is 0 Å². The minimum Gasteiger partial charge on any atom is -0.303 e. The predicted molar refractivity (Wildman–Crippen MR) is 76.2 cm³/mol. The van der Waals surface area contributed by atoms with Gasteiger partial charge in [0.2, 0.25) is 0 Å². The number of thiol groups is 1. The molecule has 0 aromatic rings. The van der Waals surface area contributed by atoms with Gasteiger partial charge in [-0.2, -0.15) is 12.6 Å². The van der Waals surface area contributed by atoms with E-state index in [1.807, 2.05) is 0 Å². The van der Waals surface area contributed by atoms with Crippen LogP contribution in [0.5, 0.6) is 0 Å². The zero-order chi connectivity index (χ0) is 12.1. The summed E-state index contributed by atoms with van der Waals surface area (Å²) in [5.74, 6) is 4.39. The lowest BCUT2D eigenvalue weighted by atomic mass is 9.86. The Morgan fingerprint density at radius 3 is 2.06 bits per heavy atom. The first-order valence-corrected chi connectivity index (χ1v) is 7.51. The molecule has 0 amide bonds. The quantitative estimate of drug-likeness (QED) is 0.723.